The predicted molar refractivity (Wildman–Crippen MR) is 92.7 cm³/mol. The standard InChI is InChI=1S/C16H17N5O2S/c1-3-23-13-6-4-12(5-7-13)20-15(22)10(2)24-16-19-9-11(8-17)14(18)21-16/h4-7,9-10H,3H2,1-2H3,(H,20,22)(H2,18,19,21). The Morgan fingerprint density at radius 2 is 2.17 bits per heavy atom. The van der Waals surface area contributed by atoms with Crippen molar-refractivity contribution in [1.29, 1.82) is 5.26 Å². The van der Waals surface area contributed by atoms with E-state index in [1.54, 1.807) is 31.2 Å². The van der Waals surface area contributed by atoms with Gasteiger partial charge in [-0.3, -0.25) is 4.79 Å². The first kappa shape index (κ1) is 17.6. The van der Waals surface area contributed by atoms with Crippen molar-refractivity contribution >= 4 is 29.2 Å². The van der Waals surface area contributed by atoms with Gasteiger partial charge in [-0.2, -0.15) is 5.26 Å². The van der Waals surface area contributed by atoms with E-state index in [9.17, 15) is 4.79 Å². The number of carbonyl (C=O) groups is 1. The molecule has 1 atom stereocenters. The Hall–Kier alpha value is -2.79. The molecular formula is C16H17N5O2S. The molecule has 1 unspecified atom stereocenters. The van der Waals surface area contributed by atoms with Crippen molar-refractivity contribution in [2.45, 2.75) is 24.3 Å². The summed E-state index contributed by atoms with van der Waals surface area (Å²) in [6, 6.07) is 9.03. The number of nitrogen functional groups attached to an aromatic ring is 1. The Balaban J connectivity index is 1.96. The van der Waals surface area contributed by atoms with Crippen LogP contribution in [0.1, 0.15) is 19.4 Å². The molecule has 0 spiro atoms. The zero-order valence-corrected chi connectivity index (χ0v) is 14.1. The molecule has 0 aliphatic carbocycles. The lowest BCUT2D eigenvalue weighted by atomic mass is 10.3. The van der Waals surface area contributed by atoms with E-state index in [-0.39, 0.29) is 17.3 Å². The molecule has 7 nitrogen and oxygen atoms in total. The van der Waals surface area contributed by atoms with Crippen molar-refractivity contribution in [3.8, 4) is 11.8 Å². The molecule has 1 amide bonds. The number of benzene rings is 1. The van der Waals surface area contributed by atoms with E-state index < -0.39 is 5.25 Å². The van der Waals surface area contributed by atoms with Gasteiger partial charge in [0.1, 0.15) is 23.2 Å². The Labute approximate surface area is 144 Å². The first-order chi connectivity index (χ1) is 11.5. The Morgan fingerprint density at radius 3 is 2.75 bits per heavy atom. The number of ether oxygens (including phenoxy) is 1. The van der Waals surface area contributed by atoms with Crippen molar-refractivity contribution in [2.24, 2.45) is 0 Å². The topological polar surface area (TPSA) is 114 Å². The van der Waals surface area contributed by atoms with Crippen LogP contribution in [0.4, 0.5) is 11.5 Å². The average Bonchev–Trinajstić information content (AvgIpc) is 2.57. The monoisotopic (exact) mass is 343 g/mol. The molecule has 0 saturated carbocycles. The number of aromatic nitrogens is 2. The van der Waals surface area contributed by atoms with Crippen LogP contribution < -0.4 is 15.8 Å². The normalized spacial score (nSPS) is 11.4. The second-order valence-corrected chi connectivity index (χ2v) is 6.08. The third kappa shape index (κ3) is 4.60. The van der Waals surface area contributed by atoms with Crippen molar-refractivity contribution in [1.82, 2.24) is 9.97 Å². The Kier molecular flexibility index (Phi) is 5.98. The molecule has 2 rings (SSSR count). The highest BCUT2D eigenvalue weighted by Gasteiger charge is 2.17. The maximum atomic E-state index is 12.2. The van der Waals surface area contributed by atoms with E-state index in [1.807, 2.05) is 13.0 Å². The van der Waals surface area contributed by atoms with Crippen LogP contribution in [-0.4, -0.2) is 27.7 Å². The van der Waals surface area contributed by atoms with E-state index >= 15 is 0 Å². The summed E-state index contributed by atoms with van der Waals surface area (Å²) in [6.07, 6.45) is 1.35. The van der Waals surface area contributed by atoms with Crippen LogP contribution in [0, 0.1) is 11.3 Å². The molecule has 8 heteroatoms. The van der Waals surface area contributed by atoms with Crippen LogP contribution in [0.25, 0.3) is 0 Å². The van der Waals surface area contributed by atoms with Crippen molar-refractivity contribution in [3.63, 3.8) is 0 Å². The second kappa shape index (κ2) is 8.17. The number of nitrogens with zero attached hydrogens (tertiary/aromatic N) is 3. The molecule has 0 aliphatic rings. The third-order valence-corrected chi connectivity index (χ3v) is 3.98. The number of hydrogen-bond donors (Lipinski definition) is 2. The highest BCUT2D eigenvalue weighted by atomic mass is 32.2. The minimum absolute atomic E-state index is 0.106. The lowest BCUT2D eigenvalue weighted by molar-refractivity contribution is -0.115. The number of nitriles is 1. The maximum Gasteiger partial charge on any atom is 0.237 e. The molecule has 3 N–H and O–H groups in total. The number of rotatable bonds is 6. The number of carbonyl (C=O) groups excluding carboxylic acids is 1. The summed E-state index contributed by atoms with van der Waals surface area (Å²) in [6.45, 7) is 4.24. The third-order valence-electron chi connectivity index (χ3n) is 3.00. The minimum Gasteiger partial charge on any atom is -0.494 e. The highest BCUT2D eigenvalue weighted by Crippen LogP contribution is 2.23. The number of nitrogens with one attached hydrogen (secondary N) is 1. The van der Waals surface area contributed by atoms with Gasteiger partial charge in [-0.1, -0.05) is 11.8 Å². The number of amides is 1. The zero-order chi connectivity index (χ0) is 17.5. The van der Waals surface area contributed by atoms with Gasteiger partial charge >= 0.3 is 0 Å². The number of nitrogens with two attached hydrogens (primary N) is 1. The quantitative estimate of drug-likeness (QED) is 0.611. The predicted octanol–water partition coefficient (Wildman–Crippen LogP) is 2.45. The maximum absolute atomic E-state index is 12.2. The minimum atomic E-state index is -0.427. The summed E-state index contributed by atoms with van der Waals surface area (Å²) in [5.41, 5.74) is 6.54. The molecule has 0 aliphatic heterocycles. The van der Waals surface area contributed by atoms with E-state index in [0.717, 1.165) is 5.75 Å². The van der Waals surface area contributed by atoms with Gasteiger partial charge in [0.05, 0.1) is 18.1 Å². The molecule has 124 valence electrons. The van der Waals surface area contributed by atoms with Crippen LogP contribution >= 0.6 is 11.8 Å². The van der Waals surface area contributed by atoms with Gasteiger partial charge in [0.2, 0.25) is 5.91 Å². The van der Waals surface area contributed by atoms with Crippen molar-refractivity contribution in [3.05, 3.63) is 36.0 Å². The van der Waals surface area contributed by atoms with Gasteiger partial charge in [-0.05, 0) is 38.1 Å². The van der Waals surface area contributed by atoms with Gasteiger partial charge in [-0.25, -0.2) is 9.97 Å². The highest BCUT2D eigenvalue weighted by molar-refractivity contribution is 8.00. The van der Waals surface area contributed by atoms with Gasteiger partial charge in [-0.15, -0.1) is 0 Å². The molecule has 1 aromatic carbocycles. The summed E-state index contributed by atoms with van der Waals surface area (Å²) in [4.78, 5) is 20.3. The lowest BCUT2D eigenvalue weighted by Crippen LogP contribution is -2.22. The van der Waals surface area contributed by atoms with Crippen molar-refractivity contribution in [2.75, 3.05) is 17.7 Å². The summed E-state index contributed by atoms with van der Waals surface area (Å²) in [5.74, 6) is 0.671. The fraction of sp³-hybridized carbons (Fsp3) is 0.250. The largest absolute Gasteiger partial charge is 0.494 e. The van der Waals surface area contributed by atoms with E-state index in [1.165, 1.54) is 18.0 Å². The van der Waals surface area contributed by atoms with Gasteiger partial charge in [0.15, 0.2) is 5.16 Å². The van der Waals surface area contributed by atoms with Gasteiger partial charge in [0.25, 0.3) is 0 Å². The van der Waals surface area contributed by atoms with Crippen LogP contribution in [0.15, 0.2) is 35.6 Å². The summed E-state index contributed by atoms with van der Waals surface area (Å²) < 4.78 is 5.35. The summed E-state index contributed by atoms with van der Waals surface area (Å²) in [7, 11) is 0. The summed E-state index contributed by atoms with van der Waals surface area (Å²) in [5, 5.41) is 11.5. The van der Waals surface area contributed by atoms with Crippen LogP contribution in [0.5, 0.6) is 5.75 Å². The SMILES string of the molecule is CCOc1ccc(NC(=O)C(C)Sc2ncc(C#N)c(N)n2)cc1. The number of hydrogen-bond acceptors (Lipinski definition) is 7. The molecule has 2 aromatic rings. The van der Waals surface area contributed by atoms with E-state index in [2.05, 4.69) is 15.3 Å². The lowest BCUT2D eigenvalue weighted by Gasteiger charge is -2.12. The second-order valence-electron chi connectivity index (χ2n) is 4.77. The Bertz CT molecular complexity index is 758. The molecule has 1 aromatic heterocycles. The number of thioether (sulfide) groups is 1. The van der Waals surface area contributed by atoms with E-state index in [0.29, 0.717) is 17.5 Å². The molecule has 0 radical (unpaired) electrons. The first-order valence-corrected chi connectivity index (χ1v) is 8.14. The fourth-order valence-corrected chi connectivity index (χ4v) is 2.52. The fourth-order valence-electron chi connectivity index (χ4n) is 1.78. The molecule has 0 fully saturated rings. The Morgan fingerprint density at radius 1 is 1.46 bits per heavy atom. The van der Waals surface area contributed by atoms with Crippen molar-refractivity contribution < 1.29 is 9.53 Å². The smallest absolute Gasteiger partial charge is 0.237 e. The van der Waals surface area contributed by atoms with Crippen LogP contribution in [-0.2, 0) is 4.79 Å². The molecule has 0 bridgehead atoms. The van der Waals surface area contributed by atoms with Crippen LogP contribution in [0.2, 0.25) is 0 Å². The van der Waals surface area contributed by atoms with Gasteiger partial charge in [0, 0.05) is 5.69 Å². The summed E-state index contributed by atoms with van der Waals surface area (Å²) >= 11 is 1.17. The molecule has 0 saturated heterocycles. The van der Waals surface area contributed by atoms with Crippen LogP contribution in [0.3, 0.4) is 0 Å². The van der Waals surface area contributed by atoms with Gasteiger partial charge < -0.3 is 15.8 Å². The van der Waals surface area contributed by atoms with E-state index in [4.69, 9.17) is 15.7 Å². The number of anilines is 2. The zero-order valence-electron chi connectivity index (χ0n) is 13.3. The molecular weight excluding hydrogens is 326 g/mol. The first-order valence-electron chi connectivity index (χ1n) is 7.26. The average molecular weight is 343 g/mol. The molecule has 1 heterocycles. The molecule has 24 heavy (non-hydrogen) atoms.